The summed E-state index contributed by atoms with van der Waals surface area (Å²) in [5.74, 6) is -0.0254. The summed E-state index contributed by atoms with van der Waals surface area (Å²) in [5.41, 5.74) is 3.90. The van der Waals surface area contributed by atoms with E-state index in [2.05, 4.69) is 6.92 Å². The van der Waals surface area contributed by atoms with Crippen molar-refractivity contribution < 1.29 is 9.59 Å². The fourth-order valence-corrected chi connectivity index (χ4v) is 4.68. The lowest BCUT2D eigenvalue weighted by molar-refractivity contribution is -0.120. The number of anilines is 1. The first-order chi connectivity index (χ1) is 14.3. The maximum absolute atomic E-state index is 13.7. The molecule has 2 heterocycles. The number of carbonyl (C=O) groups is 2. The lowest BCUT2D eigenvalue weighted by Gasteiger charge is -2.32. The summed E-state index contributed by atoms with van der Waals surface area (Å²) in [6.07, 6.45) is 1.96. The molecule has 2 aromatic carbocycles. The van der Waals surface area contributed by atoms with Gasteiger partial charge >= 0.3 is 0 Å². The highest BCUT2D eigenvalue weighted by Gasteiger charge is 2.44. The summed E-state index contributed by atoms with van der Waals surface area (Å²) in [6, 6.07) is 10.7. The minimum Gasteiger partial charge on any atom is -0.366 e. The molecule has 1 fully saturated rings. The van der Waals surface area contributed by atoms with E-state index < -0.39 is 0 Å². The standard InChI is InChI=1S/C24H24Cl2N2O2/c1-14-9-11-27(12-10-14)22-21(18-8-7-17(25)13-19(18)26)23(29)28(24(22)30)20-6-4-5-15(2)16(20)3/h4-8,13-14H,9-12H2,1-3H3. The average molecular weight is 443 g/mol. The molecular weight excluding hydrogens is 419 g/mol. The lowest BCUT2D eigenvalue weighted by Crippen LogP contribution is -2.38. The van der Waals surface area contributed by atoms with E-state index in [0.29, 0.717) is 38.5 Å². The van der Waals surface area contributed by atoms with Crippen molar-refractivity contribution >= 4 is 46.3 Å². The predicted octanol–water partition coefficient (Wildman–Crippen LogP) is 5.63. The van der Waals surface area contributed by atoms with Crippen molar-refractivity contribution in [1.29, 1.82) is 0 Å². The third-order valence-corrected chi connectivity index (χ3v) is 6.72. The van der Waals surface area contributed by atoms with E-state index in [1.165, 1.54) is 4.90 Å². The molecule has 6 heteroatoms. The second kappa shape index (κ2) is 8.09. The van der Waals surface area contributed by atoms with Gasteiger partial charge in [-0.2, -0.15) is 0 Å². The van der Waals surface area contributed by atoms with Crippen LogP contribution < -0.4 is 4.90 Å². The normalized spacial score (nSPS) is 18.0. The van der Waals surface area contributed by atoms with Crippen LogP contribution in [0.5, 0.6) is 0 Å². The first-order valence-electron chi connectivity index (χ1n) is 10.2. The molecule has 0 N–H and O–H groups in total. The van der Waals surface area contributed by atoms with E-state index >= 15 is 0 Å². The predicted molar refractivity (Wildman–Crippen MR) is 122 cm³/mol. The Bertz CT molecular complexity index is 1070. The molecule has 2 aliphatic rings. The van der Waals surface area contributed by atoms with Crippen LogP contribution in [-0.2, 0) is 9.59 Å². The molecule has 0 aromatic heterocycles. The molecule has 4 nitrogen and oxygen atoms in total. The quantitative estimate of drug-likeness (QED) is 0.578. The van der Waals surface area contributed by atoms with Crippen LogP contribution >= 0.6 is 23.2 Å². The van der Waals surface area contributed by atoms with Gasteiger partial charge in [-0.15, -0.1) is 0 Å². The minimum atomic E-state index is -0.341. The number of halogens is 2. The molecule has 0 aliphatic carbocycles. The Morgan fingerprint density at radius 2 is 1.67 bits per heavy atom. The summed E-state index contributed by atoms with van der Waals surface area (Å²) in [6.45, 7) is 7.60. The molecule has 0 unspecified atom stereocenters. The van der Waals surface area contributed by atoms with Gasteiger partial charge in [-0.25, -0.2) is 4.90 Å². The number of aryl methyl sites for hydroxylation is 1. The molecule has 0 bridgehead atoms. The topological polar surface area (TPSA) is 40.6 Å². The molecule has 0 saturated carbocycles. The van der Waals surface area contributed by atoms with Crippen LogP contribution in [0.15, 0.2) is 42.1 Å². The molecule has 2 aromatic rings. The van der Waals surface area contributed by atoms with E-state index in [1.54, 1.807) is 18.2 Å². The molecule has 2 aliphatic heterocycles. The van der Waals surface area contributed by atoms with Gasteiger partial charge in [0.25, 0.3) is 11.8 Å². The van der Waals surface area contributed by atoms with Crippen molar-refractivity contribution in [3.63, 3.8) is 0 Å². The van der Waals surface area contributed by atoms with Crippen molar-refractivity contribution in [2.75, 3.05) is 18.0 Å². The number of amides is 2. The van der Waals surface area contributed by atoms with Crippen LogP contribution in [0.3, 0.4) is 0 Å². The zero-order chi connectivity index (χ0) is 21.6. The minimum absolute atomic E-state index is 0.288. The first-order valence-corrected chi connectivity index (χ1v) is 10.9. The zero-order valence-corrected chi connectivity index (χ0v) is 18.8. The number of piperidine rings is 1. The zero-order valence-electron chi connectivity index (χ0n) is 17.3. The second-order valence-electron chi connectivity index (χ2n) is 8.18. The summed E-state index contributed by atoms with van der Waals surface area (Å²) >= 11 is 12.6. The van der Waals surface area contributed by atoms with Gasteiger partial charge < -0.3 is 4.90 Å². The Hall–Kier alpha value is -2.30. The van der Waals surface area contributed by atoms with E-state index in [4.69, 9.17) is 23.2 Å². The number of hydrogen-bond donors (Lipinski definition) is 0. The van der Waals surface area contributed by atoms with Crippen LogP contribution in [-0.4, -0.2) is 29.8 Å². The number of likely N-dealkylation sites (tertiary alicyclic amines) is 1. The van der Waals surface area contributed by atoms with Crippen molar-refractivity contribution in [3.05, 3.63) is 68.8 Å². The molecule has 0 atom stereocenters. The van der Waals surface area contributed by atoms with Gasteiger partial charge in [0.05, 0.1) is 16.3 Å². The van der Waals surface area contributed by atoms with Crippen LogP contribution in [0, 0.1) is 19.8 Å². The molecule has 1 saturated heterocycles. The maximum atomic E-state index is 13.7. The molecule has 2 amide bonds. The number of nitrogens with zero attached hydrogens (tertiary/aromatic N) is 2. The van der Waals surface area contributed by atoms with E-state index in [0.717, 1.165) is 37.1 Å². The van der Waals surface area contributed by atoms with Gasteiger partial charge in [0.15, 0.2) is 0 Å². The van der Waals surface area contributed by atoms with Crippen molar-refractivity contribution in [2.24, 2.45) is 5.92 Å². The smallest absolute Gasteiger partial charge is 0.282 e. The lowest BCUT2D eigenvalue weighted by atomic mass is 9.97. The Balaban J connectivity index is 1.87. The van der Waals surface area contributed by atoms with Gasteiger partial charge in [0, 0.05) is 23.7 Å². The van der Waals surface area contributed by atoms with Gasteiger partial charge in [-0.1, -0.05) is 48.3 Å². The summed E-state index contributed by atoms with van der Waals surface area (Å²) in [5, 5.41) is 0.852. The Morgan fingerprint density at radius 1 is 0.967 bits per heavy atom. The first kappa shape index (κ1) is 21.0. The number of carbonyl (C=O) groups excluding carboxylic acids is 2. The highest BCUT2D eigenvalue weighted by atomic mass is 35.5. The molecule has 30 heavy (non-hydrogen) atoms. The van der Waals surface area contributed by atoms with Crippen LogP contribution in [0.2, 0.25) is 10.0 Å². The van der Waals surface area contributed by atoms with Crippen molar-refractivity contribution in [2.45, 2.75) is 33.6 Å². The molecule has 4 rings (SSSR count). The average Bonchev–Trinajstić information content (AvgIpc) is 2.95. The number of imide groups is 1. The second-order valence-corrected chi connectivity index (χ2v) is 9.03. The molecule has 156 valence electrons. The van der Waals surface area contributed by atoms with E-state index in [1.807, 2.05) is 36.9 Å². The van der Waals surface area contributed by atoms with E-state index in [9.17, 15) is 9.59 Å². The third kappa shape index (κ3) is 3.52. The van der Waals surface area contributed by atoms with E-state index in [-0.39, 0.29) is 11.8 Å². The summed E-state index contributed by atoms with van der Waals surface area (Å²) < 4.78 is 0. The summed E-state index contributed by atoms with van der Waals surface area (Å²) in [7, 11) is 0. The van der Waals surface area contributed by atoms with Crippen molar-refractivity contribution in [3.8, 4) is 0 Å². The molecule has 0 radical (unpaired) electrons. The Kier molecular flexibility index (Phi) is 5.65. The van der Waals surface area contributed by atoms with Crippen molar-refractivity contribution in [1.82, 2.24) is 4.90 Å². The molecular formula is C24H24Cl2N2O2. The largest absolute Gasteiger partial charge is 0.366 e. The van der Waals surface area contributed by atoms with Gasteiger partial charge in [0.2, 0.25) is 0 Å². The molecule has 0 spiro atoms. The number of benzene rings is 2. The maximum Gasteiger partial charge on any atom is 0.282 e. The Morgan fingerprint density at radius 3 is 2.33 bits per heavy atom. The number of rotatable bonds is 3. The highest BCUT2D eigenvalue weighted by Crippen LogP contribution is 2.40. The van der Waals surface area contributed by atoms with Crippen LogP contribution in [0.25, 0.3) is 5.57 Å². The van der Waals surface area contributed by atoms with Gasteiger partial charge in [-0.3, -0.25) is 9.59 Å². The highest BCUT2D eigenvalue weighted by molar-refractivity contribution is 6.47. The van der Waals surface area contributed by atoms with Crippen LogP contribution in [0.1, 0.15) is 36.5 Å². The monoisotopic (exact) mass is 442 g/mol. The fraction of sp³-hybridized carbons (Fsp3) is 0.333. The summed E-state index contributed by atoms with van der Waals surface area (Å²) in [4.78, 5) is 30.7. The third-order valence-electron chi connectivity index (χ3n) is 6.18. The van der Waals surface area contributed by atoms with Gasteiger partial charge in [-0.05, 0) is 61.9 Å². The number of hydrogen-bond acceptors (Lipinski definition) is 3. The fourth-order valence-electron chi connectivity index (χ4n) is 4.18. The van der Waals surface area contributed by atoms with Crippen LogP contribution in [0.4, 0.5) is 5.69 Å². The van der Waals surface area contributed by atoms with Gasteiger partial charge in [0.1, 0.15) is 5.70 Å². The SMILES string of the molecule is Cc1cccc(N2C(=O)C(c3ccc(Cl)cc3Cl)=C(N3CCC(C)CC3)C2=O)c1C. The Labute approximate surface area is 187 Å².